The third kappa shape index (κ3) is 3.05. The Balaban J connectivity index is 2.29. The lowest BCUT2D eigenvalue weighted by atomic mass is 10.1. The Bertz CT molecular complexity index is 1040. The second kappa shape index (κ2) is 6.25. The van der Waals surface area contributed by atoms with Crippen molar-refractivity contribution in [3.8, 4) is 0 Å². The molecule has 2 aromatic heterocycles. The summed E-state index contributed by atoms with van der Waals surface area (Å²) in [5, 5.41) is 0.152. The van der Waals surface area contributed by atoms with Crippen molar-refractivity contribution < 1.29 is 18.3 Å². The van der Waals surface area contributed by atoms with Gasteiger partial charge in [0.15, 0.2) is 11.6 Å². The number of halogens is 4. The molecule has 1 N–H and O–H groups in total. The number of amides is 1. The molecule has 0 bridgehead atoms. The van der Waals surface area contributed by atoms with E-state index in [2.05, 4.69) is 9.97 Å². The van der Waals surface area contributed by atoms with Crippen molar-refractivity contribution in [3.63, 3.8) is 0 Å². The number of rotatable bonds is 1. The van der Waals surface area contributed by atoms with Crippen molar-refractivity contribution in [1.82, 2.24) is 9.97 Å². The van der Waals surface area contributed by atoms with Crippen LogP contribution in [0.1, 0.15) is 20.8 Å². The van der Waals surface area contributed by atoms with Gasteiger partial charge in [0.2, 0.25) is 0 Å². The van der Waals surface area contributed by atoms with Crippen molar-refractivity contribution >= 4 is 56.9 Å². The highest BCUT2D eigenvalue weighted by atomic mass is 35.5. The normalized spacial score (nSPS) is 12.0. The van der Waals surface area contributed by atoms with Gasteiger partial charge in [-0.3, -0.25) is 4.90 Å². The number of ether oxygens (including phenoxy) is 1. The van der Waals surface area contributed by atoms with Crippen molar-refractivity contribution in [1.29, 1.82) is 0 Å². The average Bonchev–Trinajstić information content (AvgIpc) is 2.92. The van der Waals surface area contributed by atoms with Gasteiger partial charge in [-0.05, 0) is 20.8 Å². The molecule has 5 nitrogen and oxygen atoms in total. The topological polar surface area (TPSA) is 58.2 Å². The van der Waals surface area contributed by atoms with Crippen LogP contribution in [0.15, 0.2) is 12.3 Å². The molecule has 138 valence electrons. The van der Waals surface area contributed by atoms with E-state index < -0.39 is 23.3 Å². The number of aromatic nitrogens is 2. The quantitative estimate of drug-likeness (QED) is 0.571. The molecule has 0 aliphatic carbocycles. The van der Waals surface area contributed by atoms with Gasteiger partial charge in [0.25, 0.3) is 0 Å². The molecule has 0 radical (unpaired) electrons. The lowest BCUT2D eigenvalue weighted by Crippen LogP contribution is -2.34. The molecule has 0 unspecified atom stereocenters. The number of carbonyl (C=O) groups excluding carboxylic acids is 1. The van der Waals surface area contributed by atoms with E-state index in [1.807, 2.05) is 0 Å². The van der Waals surface area contributed by atoms with Gasteiger partial charge < -0.3 is 9.72 Å². The second-order valence-corrected chi connectivity index (χ2v) is 7.53. The van der Waals surface area contributed by atoms with Gasteiger partial charge in [0, 0.05) is 24.7 Å². The Morgan fingerprint density at radius 3 is 2.54 bits per heavy atom. The number of aromatic amines is 1. The van der Waals surface area contributed by atoms with E-state index in [1.165, 1.54) is 13.2 Å². The minimum Gasteiger partial charge on any atom is -0.443 e. The molecule has 0 aliphatic rings. The van der Waals surface area contributed by atoms with Crippen LogP contribution in [0.25, 0.3) is 21.9 Å². The average molecular weight is 402 g/mol. The molecule has 3 aromatic rings. The van der Waals surface area contributed by atoms with Gasteiger partial charge in [-0.25, -0.2) is 18.6 Å². The molecular formula is C17H15Cl2F2N3O2. The maximum atomic E-state index is 14.5. The third-order valence-electron chi connectivity index (χ3n) is 3.69. The Hall–Kier alpha value is -2.12. The first-order valence-corrected chi connectivity index (χ1v) is 8.37. The number of carbonyl (C=O) groups is 1. The number of hydrogen-bond acceptors (Lipinski definition) is 3. The summed E-state index contributed by atoms with van der Waals surface area (Å²) < 4.78 is 34.1. The minimum absolute atomic E-state index is 0.0401. The van der Waals surface area contributed by atoms with Crippen molar-refractivity contribution in [2.75, 3.05) is 11.9 Å². The first-order chi connectivity index (χ1) is 12.0. The number of anilines is 1. The van der Waals surface area contributed by atoms with E-state index >= 15 is 0 Å². The number of nitrogens with zero attached hydrogens (tertiary/aromatic N) is 2. The summed E-state index contributed by atoms with van der Waals surface area (Å²) in [5.41, 5.74) is -0.290. The molecule has 0 aliphatic heterocycles. The summed E-state index contributed by atoms with van der Waals surface area (Å²) in [6, 6.07) is 0.909. The number of pyridine rings is 1. The summed E-state index contributed by atoms with van der Waals surface area (Å²) in [5.74, 6) is -2.25. The lowest BCUT2D eigenvalue weighted by molar-refractivity contribution is 0.0589. The largest absolute Gasteiger partial charge is 0.443 e. The fourth-order valence-corrected chi connectivity index (χ4v) is 2.95. The minimum atomic E-state index is -1.14. The number of H-pyrrole nitrogens is 1. The summed E-state index contributed by atoms with van der Waals surface area (Å²) in [4.78, 5) is 20.4. The zero-order valence-electron chi connectivity index (χ0n) is 14.4. The van der Waals surface area contributed by atoms with Crippen LogP contribution >= 0.6 is 23.2 Å². The molecular weight excluding hydrogens is 387 g/mol. The van der Waals surface area contributed by atoms with Crippen LogP contribution in [0, 0.1) is 11.6 Å². The molecule has 3 rings (SSSR count). The Morgan fingerprint density at radius 2 is 1.92 bits per heavy atom. The van der Waals surface area contributed by atoms with E-state index in [4.69, 9.17) is 27.9 Å². The van der Waals surface area contributed by atoms with Crippen molar-refractivity contribution in [2.45, 2.75) is 26.4 Å². The standard InChI is InChI=1S/C17H15Cl2F2N3O2/c1-17(2,3)26-16(25)24(4)9-5-8(20)13(21)11-10-12(19)7(18)6-22-15(10)23-14(9)11/h5-6H,1-4H3,(H,22,23). The monoisotopic (exact) mass is 401 g/mol. The Kier molecular flexibility index (Phi) is 4.48. The first-order valence-electron chi connectivity index (χ1n) is 7.61. The van der Waals surface area contributed by atoms with Gasteiger partial charge >= 0.3 is 6.09 Å². The molecule has 0 spiro atoms. The molecule has 0 saturated carbocycles. The van der Waals surface area contributed by atoms with Gasteiger partial charge in [-0.2, -0.15) is 0 Å². The molecule has 2 heterocycles. The van der Waals surface area contributed by atoms with E-state index in [-0.39, 0.29) is 37.7 Å². The number of fused-ring (bicyclic) bond motifs is 3. The van der Waals surface area contributed by atoms with E-state index in [0.717, 1.165) is 11.0 Å². The van der Waals surface area contributed by atoms with Crippen LogP contribution in [-0.4, -0.2) is 28.7 Å². The summed E-state index contributed by atoms with van der Waals surface area (Å²) in [7, 11) is 1.40. The fourth-order valence-electron chi connectivity index (χ4n) is 2.57. The maximum Gasteiger partial charge on any atom is 0.414 e. The molecule has 1 aromatic carbocycles. The SMILES string of the molecule is CN(C(=O)OC(C)(C)C)c1cc(F)c(F)c2c1[nH]c1ncc(Cl)c(Cl)c12. The maximum absolute atomic E-state index is 14.5. The Labute approximate surface area is 157 Å². The van der Waals surface area contributed by atoms with Crippen LogP contribution in [0.2, 0.25) is 10.0 Å². The first kappa shape index (κ1) is 18.7. The molecule has 1 amide bonds. The van der Waals surface area contributed by atoms with E-state index in [9.17, 15) is 13.6 Å². The molecule has 0 fully saturated rings. The van der Waals surface area contributed by atoms with Crippen molar-refractivity contribution in [3.05, 3.63) is 33.9 Å². The van der Waals surface area contributed by atoms with Crippen LogP contribution in [-0.2, 0) is 4.74 Å². The summed E-state index contributed by atoms with van der Waals surface area (Å²) in [6.07, 6.45) is 0.577. The summed E-state index contributed by atoms with van der Waals surface area (Å²) in [6.45, 7) is 5.11. The highest BCUT2D eigenvalue weighted by Gasteiger charge is 2.26. The lowest BCUT2D eigenvalue weighted by Gasteiger charge is -2.25. The van der Waals surface area contributed by atoms with Gasteiger partial charge in [-0.15, -0.1) is 0 Å². The zero-order chi connectivity index (χ0) is 19.4. The Morgan fingerprint density at radius 1 is 1.27 bits per heavy atom. The predicted molar refractivity (Wildman–Crippen MR) is 98.2 cm³/mol. The van der Waals surface area contributed by atoms with Crippen LogP contribution in [0.3, 0.4) is 0 Å². The molecule has 0 saturated heterocycles. The third-order valence-corrected chi connectivity index (χ3v) is 4.47. The van der Waals surface area contributed by atoms with Crippen LogP contribution in [0.4, 0.5) is 19.3 Å². The molecule has 26 heavy (non-hydrogen) atoms. The van der Waals surface area contributed by atoms with Gasteiger partial charge in [0.05, 0.1) is 26.6 Å². The predicted octanol–water partition coefficient (Wildman–Crippen LogP) is 5.67. The highest BCUT2D eigenvalue weighted by molar-refractivity contribution is 6.46. The van der Waals surface area contributed by atoms with E-state index in [1.54, 1.807) is 20.8 Å². The fraction of sp³-hybridized carbons (Fsp3) is 0.294. The van der Waals surface area contributed by atoms with Crippen LogP contribution < -0.4 is 4.90 Å². The smallest absolute Gasteiger partial charge is 0.414 e. The highest BCUT2D eigenvalue weighted by Crippen LogP contribution is 2.40. The second-order valence-electron chi connectivity index (χ2n) is 6.75. The van der Waals surface area contributed by atoms with E-state index in [0.29, 0.717) is 0 Å². The van der Waals surface area contributed by atoms with Gasteiger partial charge in [-0.1, -0.05) is 23.2 Å². The number of benzene rings is 1. The number of nitrogens with one attached hydrogen (secondary N) is 1. The number of hydrogen-bond donors (Lipinski definition) is 1. The zero-order valence-corrected chi connectivity index (χ0v) is 15.9. The van der Waals surface area contributed by atoms with Crippen LogP contribution in [0.5, 0.6) is 0 Å². The van der Waals surface area contributed by atoms with Crippen molar-refractivity contribution in [2.24, 2.45) is 0 Å². The molecule has 9 heteroatoms. The van der Waals surface area contributed by atoms with Gasteiger partial charge in [0.1, 0.15) is 11.2 Å². The molecule has 0 atom stereocenters. The summed E-state index contributed by atoms with van der Waals surface area (Å²) >= 11 is 12.1.